The fourth-order valence-electron chi connectivity index (χ4n) is 2.77. The monoisotopic (exact) mass is 446 g/mol. The van der Waals surface area contributed by atoms with Gasteiger partial charge in [-0.25, -0.2) is 9.98 Å². The Morgan fingerprint density at radius 3 is 2.70 bits per heavy atom. The molecule has 1 aromatic heterocycles. The van der Waals surface area contributed by atoms with E-state index in [1.54, 1.807) is 18.3 Å². The molecule has 0 spiro atoms. The number of anilines is 3. The maximum atomic E-state index is 9.37. The average Bonchev–Trinajstić information content (AvgIpc) is 2.63. The minimum atomic E-state index is -0.794. The average molecular weight is 448 g/mol. The normalized spacial score (nSPS) is 14.9. The predicted octanol–water partition coefficient (Wildman–Crippen LogP) is 2.48. The molecule has 2 aromatic rings. The van der Waals surface area contributed by atoms with Crippen molar-refractivity contribution in [2.45, 2.75) is 6.04 Å². The summed E-state index contributed by atoms with van der Waals surface area (Å²) < 4.78 is 6.05. The number of guanidine groups is 1. The van der Waals surface area contributed by atoms with E-state index in [1.807, 2.05) is 6.07 Å². The number of nitrogens with zero attached hydrogens (tertiary/aromatic N) is 4. The van der Waals surface area contributed by atoms with Gasteiger partial charge in [-0.15, -0.1) is 0 Å². The molecule has 0 fully saturated rings. The van der Waals surface area contributed by atoms with Crippen molar-refractivity contribution >= 4 is 50.8 Å². The summed E-state index contributed by atoms with van der Waals surface area (Å²) in [5.74, 6) is 0.810. The Morgan fingerprint density at radius 1 is 1.33 bits per heavy atom. The lowest BCUT2D eigenvalue weighted by molar-refractivity contribution is 0.408. The molecule has 1 atom stereocenters. The number of pyridine rings is 1. The highest BCUT2D eigenvalue weighted by Crippen LogP contribution is 2.47. The SMILES string of the molecule is COc1ccc(Br)c(Cl)c1C1N=C(NC#N)Nc2nc(N)c(C#N)c(N)c21. The number of hydrogen-bond acceptors (Lipinski definition) is 9. The Kier molecular flexibility index (Phi) is 4.95. The molecule has 0 aliphatic carbocycles. The van der Waals surface area contributed by atoms with Crippen molar-refractivity contribution < 1.29 is 4.74 Å². The molecule has 0 saturated carbocycles. The molecule has 2 heterocycles. The van der Waals surface area contributed by atoms with E-state index in [1.165, 1.54) is 7.11 Å². The molecule has 1 aliphatic rings. The van der Waals surface area contributed by atoms with Crippen LogP contribution in [0.1, 0.15) is 22.7 Å². The second-order valence-electron chi connectivity index (χ2n) is 5.38. The van der Waals surface area contributed by atoms with Crippen LogP contribution < -0.4 is 26.8 Å². The second kappa shape index (κ2) is 7.19. The number of nitrogens with two attached hydrogens (primary N) is 2. The van der Waals surface area contributed by atoms with E-state index in [4.69, 9.17) is 33.1 Å². The van der Waals surface area contributed by atoms with Crippen LogP contribution in [0.2, 0.25) is 5.02 Å². The van der Waals surface area contributed by atoms with Gasteiger partial charge in [0.1, 0.15) is 35.1 Å². The highest BCUT2D eigenvalue weighted by molar-refractivity contribution is 9.10. The molecular weight excluding hydrogens is 436 g/mol. The van der Waals surface area contributed by atoms with Gasteiger partial charge in [0, 0.05) is 15.6 Å². The number of hydrogen-bond donors (Lipinski definition) is 4. The third kappa shape index (κ3) is 3.05. The zero-order valence-corrected chi connectivity index (χ0v) is 16.2. The first-order chi connectivity index (χ1) is 12.9. The quantitative estimate of drug-likeness (QED) is 0.403. The van der Waals surface area contributed by atoms with Gasteiger partial charge in [0.25, 0.3) is 0 Å². The first-order valence-electron chi connectivity index (χ1n) is 7.43. The van der Waals surface area contributed by atoms with Crippen molar-refractivity contribution in [3.8, 4) is 18.0 Å². The first kappa shape index (κ1) is 18.6. The van der Waals surface area contributed by atoms with Crippen molar-refractivity contribution in [3.05, 3.63) is 38.3 Å². The van der Waals surface area contributed by atoms with Crippen LogP contribution in [0.25, 0.3) is 0 Å². The molecule has 136 valence electrons. The molecular formula is C16H12BrClN8O. The van der Waals surface area contributed by atoms with E-state index >= 15 is 0 Å². The fourth-order valence-corrected chi connectivity index (χ4v) is 3.38. The standard InChI is InChI=1S/C16H12BrClN8O/c1-27-8-3-2-7(17)11(18)9(8)13-10-12(21)6(4-19)14(22)25-15(10)26-16(24-13)23-5-20/h2-3,13H,1H3,(H6,21,22,23,24,25,26). The molecule has 1 aliphatic heterocycles. The Bertz CT molecular complexity index is 1060. The summed E-state index contributed by atoms with van der Waals surface area (Å²) in [7, 11) is 1.49. The molecule has 9 nitrogen and oxygen atoms in total. The number of nitrogens with one attached hydrogen (secondary N) is 2. The van der Waals surface area contributed by atoms with Crippen molar-refractivity contribution in [3.63, 3.8) is 0 Å². The van der Waals surface area contributed by atoms with Crippen LogP contribution >= 0.6 is 27.5 Å². The summed E-state index contributed by atoms with van der Waals surface area (Å²) in [6.45, 7) is 0. The van der Waals surface area contributed by atoms with E-state index in [0.717, 1.165) is 0 Å². The zero-order valence-electron chi connectivity index (χ0n) is 13.8. The number of rotatable bonds is 2. The molecule has 0 radical (unpaired) electrons. The Balaban J connectivity index is 2.36. The lowest BCUT2D eigenvalue weighted by Crippen LogP contribution is -2.33. The molecule has 0 amide bonds. The van der Waals surface area contributed by atoms with E-state index < -0.39 is 6.04 Å². The third-order valence-electron chi connectivity index (χ3n) is 3.94. The van der Waals surface area contributed by atoms with Crippen molar-refractivity contribution in [1.29, 1.82) is 10.5 Å². The van der Waals surface area contributed by atoms with Crippen LogP contribution in [0.15, 0.2) is 21.6 Å². The summed E-state index contributed by atoms with van der Waals surface area (Å²) in [5, 5.41) is 24.0. The molecule has 1 aromatic carbocycles. The van der Waals surface area contributed by atoms with Gasteiger partial charge in [-0.3, -0.25) is 5.32 Å². The van der Waals surface area contributed by atoms with Gasteiger partial charge in [-0.05, 0) is 28.1 Å². The summed E-state index contributed by atoms with van der Waals surface area (Å²) in [5.41, 5.74) is 13.1. The molecule has 3 rings (SSSR count). The predicted molar refractivity (Wildman–Crippen MR) is 105 cm³/mol. The van der Waals surface area contributed by atoms with E-state index in [2.05, 4.69) is 36.5 Å². The van der Waals surface area contributed by atoms with Gasteiger partial charge in [0.05, 0.1) is 17.8 Å². The van der Waals surface area contributed by atoms with Gasteiger partial charge < -0.3 is 21.5 Å². The maximum Gasteiger partial charge on any atom is 0.211 e. The summed E-state index contributed by atoms with van der Waals surface area (Å²) in [4.78, 5) is 8.68. The molecule has 11 heteroatoms. The zero-order chi connectivity index (χ0) is 19.7. The van der Waals surface area contributed by atoms with Gasteiger partial charge in [-0.1, -0.05) is 11.6 Å². The van der Waals surface area contributed by atoms with E-state index in [9.17, 15) is 5.26 Å². The van der Waals surface area contributed by atoms with Crippen LogP contribution in [-0.4, -0.2) is 18.1 Å². The first-order valence-corrected chi connectivity index (χ1v) is 8.60. The summed E-state index contributed by atoms with van der Waals surface area (Å²) >= 11 is 9.89. The number of nitrogen functional groups attached to an aromatic ring is 2. The van der Waals surface area contributed by atoms with Gasteiger partial charge in [-0.2, -0.15) is 10.5 Å². The second-order valence-corrected chi connectivity index (χ2v) is 6.61. The maximum absolute atomic E-state index is 9.37. The number of halogens is 2. The Morgan fingerprint density at radius 2 is 2.07 bits per heavy atom. The van der Waals surface area contributed by atoms with Crippen LogP contribution in [-0.2, 0) is 0 Å². The molecule has 1 unspecified atom stereocenters. The van der Waals surface area contributed by atoms with Gasteiger partial charge in [0.2, 0.25) is 5.96 Å². The Labute approximate surface area is 167 Å². The van der Waals surface area contributed by atoms with Crippen molar-refractivity contribution in [2.24, 2.45) is 4.99 Å². The lowest BCUT2D eigenvalue weighted by atomic mass is 9.94. The number of fused-ring (bicyclic) bond motifs is 1. The smallest absolute Gasteiger partial charge is 0.211 e. The van der Waals surface area contributed by atoms with Crippen molar-refractivity contribution in [1.82, 2.24) is 10.3 Å². The van der Waals surface area contributed by atoms with Crippen LogP contribution in [0.3, 0.4) is 0 Å². The summed E-state index contributed by atoms with van der Waals surface area (Å²) in [6.07, 6.45) is 1.79. The third-order valence-corrected chi connectivity index (χ3v) is 5.24. The minimum Gasteiger partial charge on any atom is -0.496 e. The molecule has 0 saturated heterocycles. The number of benzene rings is 1. The largest absolute Gasteiger partial charge is 0.496 e. The lowest BCUT2D eigenvalue weighted by Gasteiger charge is -2.27. The number of ether oxygens (including phenoxy) is 1. The van der Waals surface area contributed by atoms with Gasteiger partial charge >= 0.3 is 0 Å². The van der Waals surface area contributed by atoms with Crippen LogP contribution in [0.5, 0.6) is 5.75 Å². The number of aromatic nitrogens is 1. The molecule has 27 heavy (non-hydrogen) atoms. The highest BCUT2D eigenvalue weighted by Gasteiger charge is 2.33. The number of nitriles is 2. The Hall–Kier alpha value is -3.21. The minimum absolute atomic E-state index is 0.0366. The van der Waals surface area contributed by atoms with Crippen LogP contribution in [0, 0.1) is 22.8 Å². The number of methoxy groups -OCH3 is 1. The highest BCUT2D eigenvalue weighted by atomic mass is 79.9. The molecule has 0 bridgehead atoms. The van der Waals surface area contributed by atoms with E-state index in [-0.39, 0.29) is 28.8 Å². The fraction of sp³-hybridized carbons (Fsp3) is 0.125. The van der Waals surface area contributed by atoms with Crippen LogP contribution in [0.4, 0.5) is 17.3 Å². The summed E-state index contributed by atoms with van der Waals surface area (Å²) in [6, 6.07) is 4.60. The van der Waals surface area contributed by atoms with Gasteiger partial charge in [0.15, 0.2) is 6.19 Å². The topological polar surface area (TPSA) is 158 Å². The molecule has 6 N–H and O–H groups in total. The van der Waals surface area contributed by atoms with E-state index in [0.29, 0.717) is 26.4 Å². The van der Waals surface area contributed by atoms with Crippen molar-refractivity contribution in [2.75, 3.05) is 23.9 Å². The number of aliphatic imine (C=N–C) groups is 1.